The Balaban J connectivity index is 1.21. The predicted molar refractivity (Wildman–Crippen MR) is 111 cm³/mol. The van der Waals surface area contributed by atoms with Crippen LogP contribution < -0.4 is 0 Å². The molecule has 0 N–H and O–H groups in total. The smallest absolute Gasteiger partial charge is 0.168 e. The van der Waals surface area contributed by atoms with Crippen LogP contribution in [-0.4, -0.2) is 19.0 Å². The van der Waals surface area contributed by atoms with E-state index in [0.29, 0.717) is 5.92 Å². The monoisotopic (exact) mass is 370 g/mol. The van der Waals surface area contributed by atoms with Gasteiger partial charge in [-0.3, -0.25) is 0 Å². The van der Waals surface area contributed by atoms with Crippen molar-refractivity contribution < 1.29 is 9.47 Å². The molecule has 4 rings (SSSR count). The maximum Gasteiger partial charge on any atom is 0.168 e. The van der Waals surface area contributed by atoms with E-state index in [9.17, 15) is 0 Å². The molecule has 0 unspecified atom stereocenters. The Morgan fingerprint density at radius 1 is 0.815 bits per heavy atom. The van der Waals surface area contributed by atoms with Crippen LogP contribution in [-0.2, 0) is 15.9 Å². The van der Waals surface area contributed by atoms with Gasteiger partial charge in [0, 0.05) is 12.8 Å². The molecule has 0 atom stereocenters. The molecule has 3 aliphatic rings. The highest BCUT2D eigenvalue weighted by molar-refractivity contribution is 5.26. The summed E-state index contributed by atoms with van der Waals surface area (Å²) in [5.74, 6) is 2.46. The van der Waals surface area contributed by atoms with Gasteiger partial charge < -0.3 is 9.47 Å². The highest BCUT2D eigenvalue weighted by Crippen LogP contribution is 2.42. The lowest BCUT2D eigenvalue weighted by molar-refractivity contribution is -0.178. The second-order valence-corrected chi connectivity index (χ2v) is 9.34. The molecular weight excluding hydrogens is 332 g/mol. The van der Waals surface area contributed by atoms with Crippen LogP contribution in [0.15, 0.2) is 24.3 Å². The number of aryl methyl sites for hydroxylation is 1. The molecule has 150 valence electrons. The molecule has 27 heavy (non-hydrogen) atoms. The Kier molecular flexibility index (Phi) is 6.55. The van der Waals surface area contributed by atoms with E-state index in [1.165, 1.54) is 75.3 Å². The van der Waals surface area contributed by atoms with Crippen LogP contribution in [0.5, 0.6) is 0 Å². The van der Waals surface area contributed by atoms with E-state index in [-0.39, 0.29) is 5.79 Å². The van der Waals surface area contributed by atoms with Crippen LogP contribution >= 0.6 is 0 Å². The van der Waals surface area contributed by atoms with E-state index in [0.717, 1.165) is 37.9 Å². The molecular formula is C25H38O2. The first-order valence-electron chi connectivity index (χ1n) is 11.6. The van der Waals surface area contributed by atoms with Crippen molar-refractivity contribution in [3.63, 3.8) is 0 Å². The molecule has 1 heterocycles. The molecule has 2 nitrogen and oxygen atoms in total. The normalized spacial score (nSPS) is 28.6. The van der Waals surface area contributed by atoms with Crippen LogP contribution in [0.2, 0.25) is 0 Å². The third-order valence-electron chi connectivity index (χ3n) is 7.52. The van der Waals surface area contributed by atoms with Gasteiger partial charge in [0.05, 0.1) is 13.2 Å². The summed E-state index contributed by atoms with van der Waals surface area (Å²) >= 11 is 0. The highest BCUT2D eigenvalue weighted by atomic mass is 16.7. The molecule has 2 aliphatic carbocycles. The van der Waals surface area contributed by atoms with Crippen molar-refractivity contribution in [3.8, 4) is 0 Å². The number of hydrogen-bond acceptors (Lipinski definition) is 2. The quantitative estimate of drug-likeness (QED) is 0.560. The molecule has 0 bridgehead atoms. The Morgan fingerprint density at radius 3 is 2.00 bits per heavy atom. The maximum absolute atomic E-state index is 5.87. The Bertz CT molecular complexity index is 554. The second kappa shape index (κ2) is 9.09. The van der Waals surface area contributed by atoms with E-state index >= 15 is 0 Å². The van der Waals surface area contributed by atoms with Crippen LogP contribution in [0.3, 0.4) is 0 Å². The summed E-state index contributed by atoms with van der Waals surface area (Å²) in [7, 11) is 0. The van der Waals surface area contributed by atoms with Crippen molar-refractivity contribution in [1.82, 2.24) is 0 Å². The van der Waals surface area contributed by atoms with E-state index in [1.807, 2.05) is 0 Å². The Morgan fingerprint density at radius 2 is 1.41 bits per heavy atom. The standard InChI is InChI=1S/C25H38O2/c1-2-3-20-4-6-21(7-5-20)8-9-22-10-12-23(13-11-22)24-14-16-25(17-15-24)26-18-19-27-25/h10-13,20-21,24H,2-9,14-19H2,1H3. The second-order valence-electron chi connectivity index (χ2n) is 9.34. The lowest BCUT2D eigenvalue weighted by Gasteiger charge is -2.35. The van der Waals surface area contributed by atoms with Crippen molar-refractivity contribution in [2.75, 3.05) is 13.2 Å². The van der Waals surface area contributed by atoms with Crippen molar-refractivity contribution in [3.05, 3.63) is 35.4 Å². The predicted octanol–water partition coefficient (Wildman–Crippen LogP) is 6.63. The minimum absolute atomic E-state index is 0.230. The highest BCUT2D eigenvalue weighted by Gasteiger charge is 2.40. The molecule has 3 fully saturated rings. The molecule has 0 amide bonds. The van der Waals surface area contributed by atoms with Gasteiger partial charge in [0.1, 0.15) is 0 Å². The lowest BCUT2D eigenvalue weighted by atomic mass is 9.78. The number of rotatable bonds is 6. The van der Waals surface area contributed by atoms with Gasteiger partial charge in [-0.15, -0.1) is 0 Å². The number of benzene rings is 1. The zero-order chi connectivity index (χ0) is 18.5. The first-order chi connectivity index (χ1) is 13.3. The van der Waals surface area contributed by atoms with Crippen LogP contribution in [0.1, 0.15) is 94.6 Å². The van der Waals surface area contributed by atoms with Gasteiger partial charge in [-0.05, 0) is 54.6 Å². The fraction of sp³-hybridized carbons (Fsp3) is 0.760. The molecule has 1 aliphatic heterocycles. The first-order valence-corrected chi connectivity index (χ1v) is 11.6. The summed E-state index contributed by atoms with van der Waals surface area (Å²) in [6.07, 6.45) is 15.9. The summed E-state index contributed by atoms with van der Waals surface area (Å²) < 4.78 is 11.7. The van der Waals surface area contributed by atoms with Gasteiger partial charge in [0.25, 0.3) is 0 Å². The summed E-state index contributed by atoms with van der Waals surface area (Å²) in [6, 6.07) is 9.58. The minimum atomic E-state index is -0.230. The number of ether oxygens (including phenoxy) is 2. The Hall–Kier alpha value is -0.860. The van der Waals surface area contributed by atoms with E-state index in [4.69, 9.17) is 9.47 Å². The van der Waals surface area contributed by atoms with Gasteiger partial charge in [0.2, 0.25) is 0 Å². The SMILES string of the molecule is CCCC1CCC(CCc2ccc(C3CCC4(CC3)OCCO4)cc2)CC1. The first kappa shape index (κ1) is 19.5. The molecule has 0 aromatic heterocycles. The van der Waals surface area contributed by atoms with Gasteiger partial charge in [-0.1, -0.05) is 69.7 Å². The molecule has 1 aromatic carbocycles. The van der Waals surface area contributed by atoms with Gasteiger partial charge in [-0.25, -0.2) is 0 Å². The van der Waals surface area contributed by atoms with Gasteiger partial charge >= 0.3 is 0 Å². The van der Waals surface area contributed by atoms with Crippen molar-refractivity contribution in [2.45, 2.75) is 95.7 Å². The summed E-state index contributed by atoms with van der Waals surface area (Å²) in [4.78, 5) is 0. The third kappa shape index (κ3) is 4.95. The molecule has 0 radical (unpaired) electrons. The van der Waals surface area contributed by atoms with Crippen molar-refractivity contribution in [1.29, 1.82) is 0 Å². The average Bonchev–Trinajstić information content (AvgIpc) is 3.17. The van der Waals surface area contributed by atoms with E-state index < -0.39 is 0 Å². The third-order valence-corrected chi connectivity index (χ3v) is 7.52. The van der Waals surface area contributed by atoms with Crippen LogP contribution in [0, 0.1) is 11.8 Å². The van der Waals surface area contributed by atoms with Gasteiger partial charge in [-0.2, -0.15) is 0 Å². The zero-order valence-electron chi connectivity index (χ0n) is 17.3. The maximum atomic E-state index is 5.87. The van der Waals surface area contributed by atoms with Gasteiger partial charge in [0.15, 0.2) is 5.79 Å². The molecule has 2 saturated carbocycles. The van der Waals surface area contributed by atoms with E-state index in [1.54, 1.807) is 0 Å². The molecule has 2 heteroatoms. The van der Waals surface area contributed by atoms with Crippen LogP contribution in [0.25, 0.3) is 0 Å². The molecule has 1 spiro atoms. The fourth-order valence-corrected chi connectivity index (χ4v) is 5.72. The lowest BCUT2D eigenvalue weighted by Crippen LogP contribution is -2.34. The minimum Gasteiger partial charge on any atom is -0.348 e. The van der Waals surface area contributed by atoms with Crippen LogP contribution in [0.4, 0.5) is 0 Å². The largest absolute Gasteiger partial charge is 0.348 e. The number of hydrogen-bond donors (Lipinski definition) is 0. The summed E-state index contributed by atoms with van der Waals surface area (Å²) in [6.45, 7) is 3.89. The Labute approximate surface area is 166 Å². The summed E-state index contributed by atoms with van der Waals surface area (Å²) in [5.41, 5.74) is 3.05. The van der Waals surface area contributed by atoms with Crippen molar-refractivity contribution >= 4 is 0 Å². The molecule has 1 saturated heterocycles. The fourth-order valence-electron chi connectivity index (χ4n) is 5.72. The zero-order valence-corrected chi connectivity index (χ0v) is 17.3. The average molecular weight is 371 g/mol. The molecule has 1 aromatic rings. The summed E-state index contributed by atoms with van der Waals surface area (Å²) in [5, 5.41) is 0. The van der Waals surface area contributed by atoms with Crippen molar-refractivity contribution in [2.24, 2.45) is 11.8 Å². The van der Waals surface area contributed by atoms with E-state index in [2.05, 4.69) is 31.2 Å². The topological polar surface area (TPSA) is 18.5 Å².